The number of rotatable bonds is 7. The van der Waals surface area contributed by atoms with Crippen molar-refractivity contribution in [3.05, 3.63) is 42.4 Å². The first kappa shape index (κ1) is 21.7. The summed E-state index contributed by atoms with van der Waals surface area (Å²) >= 11 is 0. The maximum absolute atomic E-state index is 13.0. The van der Waals surface area contributed by atoms with Gasteiger partial charge in [0.05, 0.1) is 11.2 Å². The van der Waals surface area contributed by atoms with Crippen molar-refractivity contribution in [2.45, 2.75) is 43.5 Å². The molecule has 0 aliphatic carbocycles. The van der Waals surface area contributed by atoms with E-state index in [0.29, 0.717) is 50.6 Å². The third kappa shape index (κ3) is 5.04. The molecule has 9 heteroatoms. The number of aryl methyl sites for hydroxylation is 1. The first-order chi connectivity index (χ1) is 14.9. The molecule has 1 aromatic carbocycles. The Morgan fingerprint density at radius 1 is 1.16 bits per heavy atom. The van der Waals surface area contributed by atoms with Crippen molar-refractivity contribution < 1.29 is 27.1 Å². The van der Waals surface area contributed by atoms with Crippen LogP contribution in [0.15, 0.2) is 45.9 Å². The number of ether oxygens (including phenoxy) is 2. The molecule has 3 heterocycles. The number of carbonyl (C=O) groups excluding carboxylic acids is 1. The van der Waals surface area contributed by atoms with Crippen LogP contribution in [0.2, 0.25) is 0 Å². The second kappa shape index (κ2) is 9.32. The highest BCUT2D eigenvalue weighted by Gasteiger charge is 2.33. The van der Waals surface area contributed by atoms with Gasteiger partial charge in [-0.1, -0.05) is 0 Å². The summed E-state index contributed by atoms with van der Waals surface area (Å²) in [6.07, 6.45) is 4.20. The Bertz CT molecular complexity index is 997. The Kier molecular flexibility index (Phi) is 6.52. The quantitative estimate of drug-likeness (QED) is 0.699. The third-order valence-corrected chi connectivity index (χ3v) is 7.66. The van der Waals surface area contributed by atoms with Gasteiger partial charge in [0, 0.05) is 37.5 Å². The van der Waals surface area contributed by atoms with Crippen LogP contribution in [0.4, 0.5) is 0 Å². The van der Waals surface area contributed by atoms with Gasteiger partial charge in [-0.05, 0) is 50.5 Å². The monoisotopic (exact) mass is 448 g/mol. The van der Waals surface area contributed by atoms with Gasteiger partial charge in [0.15, 0.2) is 11.5 Å². The Morgan fingerprint density at radius 2 is 1.90 bits per heavy atom. The molecule has 1 N–H and O–H groups in total. The summed E-state index contributed by atoms with van der Waals surface area (Å²) in [4.78, 5) is 12.8. The third-order valence-electron chi connectivity index (χ3n) is 5.77. The number of amides is 1. The fraction of sp³-hybridized carbons (Fsp3) is 0.500. The molecule has 1 atom stereocenters. The van der Waals surface area contributed by atoms with Crippen molar-refractivity contribution in [2.24, 2.45) is 5.92 Å². The van der Waals surface area contributed by atoms with E-state index in [1.807, 2.05) is 19.1 Å². The van der Waals surface area contributed by atoms with Gasteiger partial charge in [0.25, 0.3) is 0 Å². The van der Waals surface area contributed by atoms with Crippen LogP contribution < -0.4 is 14.8 Å². The molecule has 2 aliphatic heterocycles. The number of hydrogen-bond acceptors (Lipinski definition) is 6. The van der Waals surface area contributed by atoms with Crippen LogP contribution in [0.25, 0.3) is 0 Å². The minimum atomic E-state index is -3.65. The summed E-state index contributed by atoms with van der Waals surface area (Å²) < 4.78 is 43.8. The molecular weight excluding hydrogens is 420 g/mol. The Morgan fingerprint density at radius 3 is 2.61 bits per heavy atom. The van der Waals surface area contributed by atoms with Crippen LogP contribution in [0.3, 0.4) is 0 Å². The lowest BCUT2D eigenvalue weighted by atomic mass is 9.96. The summed E-state index contributed by atoms with van der Waals surface area (Å²) in [6.45, 7) is 3.46. The molecule has 31 heavy (non-hydrogen) atoms. The molecule has 1 aromatic heterocycles. The second-order valence-electron chi connectivity index (χ2n) is 8.01. The zero-order valence-electron chi connectivity index (χ0n) is 17.6. The summed E-state index contributed by atoms with van der Waals surface area (Å²) in [5.41, 5.74) is 0. The lowest BCUT2D eigenvalue weighted by Gasteiger charge is -2.31. The second-order valence-corrected chi connectivity index (χ2v) is 9.95. The molecule has 0 saturated carbocycles. The van der Waals surface area contributed by atoms with Gasteiger partial charge in [0.2, 0.25) is 15.9 Å². The van der Waals surface area contributed by atoms with Crippen molar-refractivity contribution in [1.29, 1.82) is 0 Å². The van der Waals surface area contributed by atoms with Crippen LogP contribution >= 0.6 is 0 Å². The lowest BCUT2D eigenvalue weighted by Crippen LogP contribution is -2.44. The molecule has 168 valence electrons. The van der Waals surface area contributed by atoms with Crippen molar-refractivity contribution in [1.82, 2.24) is 9.62 Å². The predicted molar refractivity (Wildman–Crippen MR) is 114 cm³/mol. The fourth-order valence-corrected chi connectivity index (χ4v) is 5.42. The van der Waals surface area contributed by atoms with E-state index in [4.69, 9.17) is 13.9 Å². The van der Waals surface area contributed by atoms with Crippen molar-refractivity contribution in [3.8, 4) is 11.5 Å². The van der Waals surface area contributed by atoms with Crippen molar-refractivity contribution in [2.75, 3.05) is 26.3 Å². The van der Waals surface area contributed by atoms with Gasteiger partial charge in [-0.3, -0.25) is 4.79 Å². The normalized spacial score (nSPS) is 18.5. The number of sulfonamides is 1. The van der Waals surface area contributed by atoms with E-state index in [1.165, 1.54) is 10.4 Å². The maximum Gasteiger partial charge on any atom is 0.243 e. The van der Waals surface area contributed by atoms with E-state index in [9.17, 15) is 13.2 Å². The maximum atomic E-state index is 13.0. The largest absolute Gasteiger partial charge is 0.486 e. The number of nitrogens with one attached hydrogen (secondary N) is 1. The SMILES string of the molecule is CC(CCc1ccco1)NC(=O)C1CCN(S(=O)(=O)c2ccc3c(c2)OCCO3)CC1. The van der Waals surface area contributed by atoms with Gasteiger partial charge in [-0.25, -0.2) is 8.42 Å². The molecule has 0 radical (unpaired) electrons. The van der Waals surface area contributed by atoms with E-state index in [0.717, 1.165) is 18.6 Å². The summed E-state index contributed by atoms with van der Waals surface area (Å²) in [5, 5.41) is 3.05. The number of fused-ring (bicyclic) bond motifs is 1. The van der Waals surface area contributed by atoms with Gasteiger partial charge in [-0.2, -0.15) is 4.31 Å². The topological polar surface area (TPSA) is 98.1 Å². The van der Waals surface area contributed by atoms with E-state index >= 15 is 0 Å². The number of piperidine rings is 1. The average Bonchev–Trinajstić information content (AvgIpc) is 3.31. The number of hydrogen-bond donors (Lipinski definition) is 1. The number of carbonyl (C=O) groups is 1. The highest BCUT2D eigenvalue weighted by molar-refractivity contribution is 7.89. The van der Waals surface area contributed by atoms with Gasteiger partial charge in [-0.15, -0.1) is 0 Å². The minimum absolute atomic E-state index is 0.0108. The summed E-state index contributed by atoms with van der Waals surface area (Å²) in [7, 11) is -3.65. The van der Waals surface area contributed by atoms with Gasteiger partial charge < -0.3 is 19.2 Å². The molecule has 2 aromatic rings. The minimum Gasteiger partial charge on any atom is -0.486 e. The Labute approximate surface area is 182 Å². The van der Waals surface area contributed by atoms with Gasteiger partial charge >= 0.3 is 0 Å². The smallest absolute Gasteiger partial charge is 0.243 e. The molecule has 0 spiro atoms. The molecule has 2 aliphatic rings. The van der Waals surface area contributed by atoms with Crippen molar-refractivity contribution in [3.63, 3.8) is 0 Å². The Balaban J connectivity index is 1.30. The van der Waals surface area contributed by atoms with Gasteiger partial charge in [0.1, 0.15) is 19.0 Å². The van der Waals surface area contributed by atoms with Crippen LogP contribution in [0.5, 0.6) is 11.5 Å². The standard InChI is InChI=1S/C22H28N2O6S/c1-16(4-5-18-3-2-12-28-18)23-22(25)17-8-10-24(11-9-17)31(26,27)19-6-7-20-21(15-19)30-14-13-29-20/h2-3,6-7,12,15-17H,4-5,8-11,13-14H2,1H3,(H,23,25). The molecule has 1 fully saturated rings. The summed E-state index contributed by atoms with van der Waals surface area (Å²) in [6, 6.07) is 8.49. The molecular formula is C22H28N2O6S. The zero-order valence-corrected chi connectivity index (χ0v) is 18.4. The molecule has 0 bridgehead atoms. The molecule has 8 nitrogen and oxygen atoms in total. The highest BCUT2D eigenvalue weighted by Crippen LogP contribution is 2.34. The van der Waals surface area contributed by atoms with E-state index in [1.54, 1.807) is 18.4 Å². The van der Waals surface area contributed by atoms with E-state index in [2.05, 4.69) is 5.32 Å². The zero-order chi connectivity index (χ0) is 21.8. The first-order valence-corrected chi connectivity index (χ1v) is 12.1. The highest BCUT2D eigenvalue weighted by atomic mass is 32.2. The van der Waals surface area contributed by atoms with Crippen LogP contribution in [-0.4, -0.2) is 51.0 Å². The molecule has 1 amide bonds. The molecule has 4 rings (SSSR count). The van der Waals surface area contributed by atoms with E-state index in [-0.39, 0.29) is 22.8 Å². The number of nitrogens with zero attached hydrogens (tertiary/aromatic N) is 1. The first-order valence-electron chi connectivity index (χ1n) is 10.7. The molecule has 1 unspecified atom stereocenters. The number of benzene rings is 1. The van der Waals surface area contributed by atoms with Crippen LogP contribution in [0, 0.1) is 5.92 Å². The fourth-order valence-electron chi connectivity index (χ4n) is 3.94. The van der Waals surface area contributed by atoms with Crippen LogP contribution in [-0.2, 0) is 21.2 Å². The van der Waals surface area contributed by atoms with Crippen molar-refractivity contribution >= 4 is 15.9 Å². The lowest BCUT2D eigenvalue weighted by molar-refractivity contribution is -0.126. The molecule has 1 saturated heterocycles. The number of furan rings is 1. The average molecular weight is 449 g/mol. The summed E-state index contributed by atoms with van der Waals surface area (Å²) in [5.74, 6) is 1.71. The Hall–Kier alpha value is -2.52. The van der Waals surface area contributed by atoms with Crippen LogP contribution in [0.1, 0.15) is 31.9 Å². The predicted octanol–water partition coefficient (Wildman–Crippen LogP) is 2.59. The van der Waals surface area contributed by atoms with E-state index < -0.39 is 10.0 Å².